The highest BCUT2D eigenvalue weighted by Gasteiger charge is 2.18. The van der Waals surface area contributed by atoms with E-state index in [1.54, 1.807) is 0 Å². The van der Waals surface area contributed by atoms with E-state index in [2.05, 4.69) is 54.1 Å². The Morgan fingerprint density at radius 1 is 1.19 bits per heavy atom. The van der Waals surface area contributed by atoms with Gasteiger partial charge in [0.25, 0.3) is 0 Å². The third-order valence-corrected chi connectivity index (χ3v) is 4.60. The molecule has 1 atom stereocenters. The van der Waals surface area contributed by atoms with E-state index in [9.17, 15) is 0 Å². The SMILES string of the molecule is C[C@H](N)c1ccc(N2CCN(C)CC2)cc1/C=C/C1CC1. The van der Waals surface area contributed by atoms with E-state index in [1.807, 2.05) is 0 Å². The summed E-state index contributed by atoms with van der Waals surface area (Å²) in [6, 6.07) is 6.86. The molecule has 1 aliphatic carbocycles. The summed E-state index contributed by atoms with van der Waals surface area (Å²) < 4.78 is 0. The molecule has 0 unspecified atom stereocenters. The van der Waals surface area contributed by atoms with Gasteiger partial charge in [-0.1, -0.05) is 18.2 Å². The lowest BCUT2D eigenvalue weighted by Gasteiger charge is -2.34. The quantitative estimate of drug-likeness (QED) is 0.923. The fraction of sp³-hybridized carbons (Fsp3) is 0.556. The number of anilines is 1. The van der Waals surface area contributed by atoms with Crippen LogP contribution in [-0.4, -0.2) is 38.1 Å². The van der Waals surface area contributed by atoms with Gasteiger partial charge in [0.1, 0.15) is 0 Å². The molecule has 1 aliphatic heterocycles. The lowest BCUT2D eigenvalue weighted by Crippen LogP contribution is -2.44. The van der Waals surface area contributed by atoms with Gasteiger partial charge < -0.3 is 15.5 Å². The molecule has 1 heterocycles. The van der Waals surface area contributed by atoms with Crippen LogP contribution in [0.5, 0.6) is 0 Å². The van der Waals surface area contributed by atoms with Crippen LogP contribution in [0.4, 0.5) is 5.69 Å². The van der Waals surface area contributed by atoms with E-state index in [0.29, 0.717) is 0 Å². The fourth-order valence-electron chi connectivity index (χ4n) is 2.91. The van der Waals surface area contributed by atoms with Crippen molar-refractivity contribution < 1.29 is 0 Å². The summed E-state index contributed by atoms with van der Waals surface area (Å²) in [4.78, 5) is 4.88. The Morgan fingerprint density at radius 3 is 2.52 bits per heavy atom. The van der Waals surface area contributed by atoms with Gasteiger partial charge in [-0.15, -0.1) is 0 Å². The molecular formula is C18H27N3. The normalized spacial score (nSPS) is 22.0. The number of likely N-dealkylation sites (N-methyl/N-ethyl adjacent to an activating group) is 1. The average Bonchev–Trinajstić information content (AvgIpc) is 3.29. The minimum absolute atomic E-state index is 0.0883. The predicted molar refractivity (Wildman–Crippen MR) is 90.5 cm³/mol. The number of allylic oxidation sites excluding steroid dienone is 1. The number of nitrogens with two attached hydrogens (primary N) is 1. The minimum atomic E-state index is 0.0883. The summed E-state index contributed by atoms with van der Waals surface area (Å²) >= 11 is 0. The molecule has 21 heavy (non-hydrogen) atoms. The van der Waals surface area contributed by atoms with Crippen LogP contribution in [-0.2, 0) is 0 Å². The first-order valence-electron chi connectivity index (χ1n) is 8.14. The van der Waals surface area contributed by atoms with E-state index >= 15 is 0 Å². The van der Waals surface area contributed by atoms with Gasteiger partial charge in [0.2, 0.25) is 0 Å². The highest BCUT2D eigenvalue weighted by molar-refractivity contribution is 5.63. The average molecular weight is 285 g/mol. The summed E-state index contributed by atoms with van der Waals surface area (Å²) in [5.41, 5.74) is 10.0. The van der Waals surface area contributed by atoms with Gasteiger partial charge in [-0.3, -0.25) is 0 Å². The Bertz CT molecular complexity index is 509. The van der Waals surface area contributed by atoms with Crippen molar-refractivity contribution >= 4 is 11.8 Å². The van der Waals surface area contributed by atoms with Gasteiger partial charge in [0, 0.05) is 37.9 Å². The van der Waals surface area contributed by atoms with Crippen LogP contribution in [0.2, 0.25) is 0 Å². The molecule has 2 N–H and O–H groups in total. The molecule has 2 fully saturated rings. The van der Waals surface area contributed by atoms with Crippen LogP contribution >= 0.6 is 0 Å². The van der Waals surface area contributed by atoms with Gasteiger partial charge in [-0.05, 0) is 56.0 Å². The van der Waals surface area contributed by atoms with E-state index in [0.717, 1.165) is 32.1 Å². The molecule has 0 spiro atoms. The maximum atomic E-state index is 6.13. The molecule has 1 saturated heterocycles. The third kappa shape index (κ3) is 3.66. The Balaban J connectivity index is 1.82. The molecule has 1 aromatic rings. The van der Waals surface area contributed by atoms with Gasteiger partial charge >= 0.3 is 0 Å². The zero-order valence-electron chi connectivity index (χ0n) is 13.3. The molecule has 3 rings (SSSR count). The topological polar surface area (TPSA) is 32.5 Å². The van der Waals surface area contributed by atoms with Crippen molar-refractivity contribution in [3.8, 4) is 0 Å². The lowest BCUT2D eigenvalue weighted by atomic mass is 10.00. The van der Waals surface area contributed by atoms with Crippen molar-refractivity contribution in [3.63, 3.8) is 0 Å². The van der Waals surface area contributed by atoms with Crippen LogP contribution in [0.15, 0.2) is 24.3 Å². The van der Waals surface area contributed by atoms with Gasteiger partial charge in [0.15, 0.2) is 0 Å². The lowest BCUT2D eigenvalue weighted by molar-refractivity contribution is 0.313. The maximum absolute atomic E-state index is 6.13. The molecule has 2 aliphatic rings. The molecule has 0 radical (unpaired) electrons. The van der Waals surface area contributed by atoms with Crippen molar-refractivity contribution in [2.24, 2.45) is 11.7 Å². The van der Waals surface area contributed by atoms with Crippen LogP contribution in [0.25, 0.3) is 6.08 Å². The maximum Gasteiger partial charge on any atom is 0.0373 e. The summed E-state index contributed by atoms with van der Waals surface area (Å²) in [7, 11) is 2.19. The van der Waals surface area contributed by atoms with Crippen LogP contribution < -0.4 is 10.6 Å². The zero-order valence-corrected chi connectivity index (χ0v) is 13.3. The first kappa shape index (κ1) is 14.6. The zero-order chi connectivity index (χ0) is 14.8. The second-order valence-corrected chi connectivity index (χ2v) is 6.59. The molecule has 0 aromatic heterocycles. The highest BCUT2D eigenvalue weighted by atomic mass is 15.2. The first-order chi connectivity index (χ1) is 10.1. The number of rotatable bonds is 4. The number of nitrogens with zero attached hydrogens (tertiary/aromatic N) is 2. The Morgan fingerprint density at radius 2 is 1.90 bits per heavy atom. The molecule has 114 valence electrons. The van der Waals surface area contributed by atoms with Gasteiger partial charge in [-0.25, -0.2) is 0 Å². The van der Waals surface area contributed by atoms with Crippen molar-refractivity contribution in [3.05, 3.63) is 35.4 Å². The monoisotopic (exact) mass is 285 g/mol. The summed E-state index contributed by atoms with van der Waals surface area (Å²) in [5.74, 6) is 0.804. The Kier molecular flexibility index (Phi) is 4.32. The fourth-order valence-corrected chi connectivity index (χ4v) is 2.91. The summed E-state index contributed by atoms with van der Waals surface area (Å²) in [6.07, 6.45) is 7.34. The van der Waals surface area contributed by atoms with Crippen LogP contribution in [0.1, 0.15) is 36.9 Å². The smallest absolute Gasteiger partial charge is 0.0373 e. The molecular weight excluding hydrogens is 258 g/mol. The van der Waals surface area contributed by atoms with Gasteiger partial charge in [-0.2, -0.15) is 0 Å². The molecule has 3 heteroatoms. The van der Waals surface area contributed by atoms with Crippen LogP contribution in [0, 0.1) is 5.92 Å². The highest BCUT2D eigenvalue weighted by Crippen LogP contribution is 2.32. The Hall–Kier alpha value is -1.32. The molecule has 1 aromatic carbocycles. The molecule has 3 nitrogen and oxygen atoms in total. The Labute approximate surface area is 128 Å². The number of piperazine rings is 1. The van der Waals surface area contributed by atoms with E-state index in [4.69, 9.17) is 5.73 Å². The number of hydrogen-bond donors (Lipinski definition) is 1. The first-order valence-corrected chi connectivity index (χ1v) is 8.14. The van der Waals surface area contributed by atoms with Crippen molar-refractivity contribution in [1.82, 2.24) is 4.90 Å². The van der Waals surface area contributed by atoms with Crippen molar-refractivity contribution in [1.29, 1.82) is 0 Å². The van der Waals surface area contributed by atoms with Gasteiger partial charge in [0.05, 0.1) is 0 Å². The molecule has 0 amide bonds. The summed E-state index contributed by atoms with van der Waals surface area (Å²) in [6.45, 7) is 6.57. The van der Waals surface area contributed by atoms with Crippen molar-refractivity contribution in [2.45, 2.75) is 25.8 Å². The largest absolute Gasteiger partial charge is 0.369 e. The van der Waals surface area contributed by atoms with E-state index < -0.39 is 0 Å². The molecule has 1 saturated carbocycles. The predicted octanol–water partition coefficient (Wildman–Crippen LogP) is 2.88. The number of hydrogen-bond acceptors (Lipinski definition) is 3. The van der Waals surface area contributed by atoms with E-state index in [1.165, 1.54) is 29.7 Å². The molecule has 0 bridgehead atoms. The van der Waals surface area contributed by atoms with Crippen LogP contribution in [0.3, 0.4) is 0 Å². The number of benzene rings is 1. The second kappa shape index (κ2) is 6.20. The standard InChI is InChI=1S/C18H27N3/c1-14(19)18-8-7-17(21-11-9-20(2)10-12-21)13-16(18)6-5-15-3-4-15/h5-8,13-15H,3-4,9-12,19H2,1-2H3/b6-5+/t14-/m0/s1. The third-order valence-electron chi connectivity index (χ3n) is 4.60. The van der Waals surface area contributed by atoms with E-state index in [-0.39, 0.29) is 6.04 Å². The minimum Gasteiger partial charge on any atom is -0.369 e. The second-order valence-electron chi connectivity index (χ2n) is 6.59. The summed E-state index contributed by atoms with van der Waals surface area (Å²) in [5, 5.41) is 0. The van der Waals surface area contributed by atoms with Crippen molar-refractivity contribution in [2.75, 3.05) is 38.1 Å².